The van der Waals surface area contributed by atoms with E-state index >= 15 is 0 Å². The first-order valence-electron chi connectivity index (χ1n) is 11.0. The van der Waals surface area contributed by atoms with Gasteiger partial charge in [0, 0.05) is 45.2 Å². The molecule has 0 bridgehead atoms. The molecule has 2 unspecified atom stereocenters. The number of hydrogen-bond donors (Lipinski definition) is 2. The number of benzene rings is 1. The number of rotatable bonds is 7. The fourth-order valence-electron chi connectivity index (χ4n) is 4.03. The van der Waals surface area contributed by atoms with Crippen LogP contribution in [0.5, 0.6) is 0 Å². The van der Waals surface area contributed by atoms with Crippen molar-refractivity contribution in [2.24, 2.45) is 4.99 Å². The van der Waals surface area contributed by atoms with Crippen LogP contribution in [0.25, 0.3) is 0 Å². The highest BCUT2D eigenvalue weighted by atomic mass is 19.1. The highest BCUT2D eigenvalue weighted by Gasteiger charge is 2.26. The summed E-state index contributed by atoms with van der Waals surface area (Å²) in [4.78, 5) is 21.1. The second kappa shape index (κ2) is 11.3. The van der Waals surface area contributed by atoms with E-state index in [1.165, 1.54) is 12.1 Å². The van der Waals surface area contributed by atoms with E-state index in [4.69, 9.17) is 9.73 Å². The minimum Gasteiger partial charge on any atom is -0.379 e. The Morgan fingerprint density at radius 3 is 2.63 bits per heavy atom. The smallest absolute Gasteiger partial charge is 0.222 e. The predicted octanol–water partition coefficient (Wildman–Crippen LogP) is 1.77. The number of guanidine groups is 1. The van der Waals surface area contributed by atoms with Crippen LogP contribution in [-0.2, 0) is 9.53 Å². The maximum Gasteiger partial charge on any atom is 0.222 e. The Kier molecular flexibility index (Phi) is 8.45. The van der Waals surface area contributed by atoms with E-state index in [9.17, 15) is 9.18 Å². The number of carbonyl (C=O) groups excluding carboxylic acids is 1. The lowest BCUT2D eigenvalue weighted by molar-refractivity contribution is -0.129. The summed E-state index contributed by atoms with van der Waals surface area (Å²) in [5.74, 6) is 0.726. The van der Waals surface area contributed by atoms with E-state index in [1.807, 2.05) is 30.9 Å². The lowest BCUT2D eigenvalue weighted by atomic mass is 10.0. The number of aliphatic imine (C=N–C) groups is 1. The van der Waals surface area contributed by atoms with Crippen LogP contribution in [0.3, 0.4) is 0 Å². The largest absolute Gasteiger partial charge is 0.379 e. The second-order valence-electron chi connectivity index (χ2n) is 7.76. The van der Waals surface area contributed by atoms with Crippen LogP contribution < -0.4 is 10.6 Å². The molecule has 3 rings (SSSR count). The summed E-state index contributed by atoms with van der Waals surface area (Å²) in [5.41, 5.74) is 1.05. The van der Waals surface area contributed by atoms with E-state index in [-0.39, 0.29) is 23.8 Å². The van der Waals surface area contributed by atoms with Crippen LogP contribution in [0.2, 0.25) is 0 Å². The zero-order valence-electron chi connectivity index (χ0n) is 18.1. The molecular formula is C22H34FN5O2. The highest BCUT2D eigenvalue weighted by Crippen LogP contribution is 2.23. The van der Waals surface area contributed by atoms with Gasteiger partial charge in [-0.3, -0.25) is 14.7 Å². The molecule has 1 aromatic rings. The van der Waals surface area contributed by atoms with Gasteiger partial charge in [0.25, 0.3) is 0 Å². The average Bonchev–Trinajstić information content (AvgIpc) is 3.24. The predicted molar refractivity (Wildman–Crippen MR) is 116 cm³/mol. The van der Waals surface area contributed by atoms with Gasteiger partial charge in [0.15, 0.2) is 5.96 Å². The summed E-state index contributed by atoms with van der Waals surface area (Å²) < 4.78 is 18.9. The Bertz CT molecular complexity index is 706. The third-order valence-electron chi connectivity index (χ3n) is 5.69. The maximum absolute atomic E-state index is 13.4. The fraction of sp³-hybridized carbons (Fsp3) is 0.636. The van der Waals surface area contributed by atoms with Crippen LogP contribution in [0.4, 0.5) is 4.39 Å². The fourth-order valence-corrected chi connectivity index (χ4v) is 4.03. The zero-order valence-corrected chi connectivity index (χ0v) is 18.1. The quantitative estimate of drug-likeness (QED) is 0.521. The standard InChI is InChI=1S/C22H34FN5O2/c1-3-21(29)28-10-9-19(16-28)26-22(24-4-2)25-15-20(27-11-13-30-14-12-27)17-5-7-18(23)8-6-17/h5-8,19-20H,3-4,9-16H2,1-2H3,(H2,24,25,26). The van der Waals surface area contributed by atoms with E-state index in [2.05, 4.69) is 15.5 Å². The molecule has 0 spiro atoms. The molecule has 8 heteroatoms. The van der Waals surface area contributed by atoms with Gasteiger partial charge >= 0.3 is 0 Å². The Labute approximate surface area is 178 Å². The molecule has 1 aromatic carbocycles. The number of ether oxygens (including phenoxy) is 1. The van der Waals surface area contributed by atoms with E-state index < -0.39 is 0 Å². The summed E-state index contributed by atoms with van der Waals surface area (Å²) in [5, 5.41) is 6.81. The van der Waals surface area contributed by atoms with Crippen LogP contribution in [0.1, 0.15) is 38.3 Å². The van der Waals surface area contributed by atoms with Gasteiger partial charge in [0.2, 0.25) is 5.91 Å². The molecule has 166 valence electrons. The molecule has 1 amide bonds. The first-order chi connectivity index (χ1) is 14.6. The second-order valence-corrected chi connectivity index (χ2v) is 7.76. The first kappa shape index (κ1) is 22.5. The Hall–Kier alpha value is -2.19. The monoisotopic (exact) mass is 419 g/mol. The molecule has 2 fully saturated rings. The summed E-state index contributed by atoms with van der Waals surface area (Å²) in [7, 11) is 0. The zero-order chi connectivity index (χ0) is 21.3. The summed E-state index contributed by atoms with van der Waals surface area (Å²) in [6, 6.07) is 6.96. The Balaban J connectivity index is 1.69. The summed E-state index contributed by atoms with van der Waals surface area (Å²) in [6.45, 7) is 9.81. The van der Waals surface area contributed by atoms with Crippen LogP contribution >= 0.6 is 0 Å². The van der Waals surface area contributed by atoms with Crippen LogP contribution in [0.15, 0.2) is 29.3 Å². The van der Waals surface area contributed by atoms with Crippen molar-refractivity contribution in [3.05, 3.63) is 35.6 Å². The van der Waals surface area contributed by atoms with Crippen molar-refractivity contribution >= 4 is 11.9 Å². The number of nitrogens with one attached hydrogen (secondary N) is 2. The van der Waals surface area contributed by atoms with Gasteiger partial charge in [0.05, 0.1) is 25.8 Å². The molecule has 2 N–H and O–H groups in total. The van der Waals surface area contributed by atoms with Crippen LogP contribution in [0, 0.1) is 5.82 Å². The number of nitrogens with zero attached hydrogens (tertiary/aromatic N) is 3. The average molecular weight is 420 g/mol. The summed E-state index contributed by atoms with van der Waals surface area (Å²) >= 11 is 0. The van der Waals surface area contributed by atoms with Gasteiger partial charge in [-0.25, -0.2) is 4.39 Å². The lowest BCUT2D eigenvalue weighted by Crippen LogP contribution is -2.46. The maximum atomic E-state index is 13.4. The molecule has 2 saturated heterocycles. The van der Waals surface area contributed by atoms with Gasteiger partial charge in [-0.2, -0.15) is 0 Å². The topological polar surface area (TPSA) is 69.2 Å². The van der Waals surface area contributed by atoms with Crippen molar-refractivity contribution < 1.29 is 13.9 Å². The van der Waals surface area contributed by atoms with Gasteiger partial charge in [-0.15, -0.1) is 0 Å². The van der Waals surface area contributed by atoms with Gasteiger partial charge < -0.3 is 20.3 Å². The van der Waals surface area contributed by atoms with Gasteiger partial charge in [-0.05, 0) is 31.0 Å². The van der Waals surface area contributed by atoms with Crippen molar-refractivity contribution in [3.63, 3.8) is 0 Å². The van der Waals surface area contributed by atoms with Crippen molar-refractivity contribution in [2.45, 2.75) is 38.8 Å². The molecule has 30 heavy (non-hydrogen) atoms. The Morgan fingerprint density at radius 1 is 1.23 bits per heavy atom. The molecule has 2 aliphatic rings. The molecule has 0 radical (unpaired) electrons. The lowest BCUT2D eigenvalue weighted by Gasteiger charge is -2.34. The normalized spacial score (nSPS) is 21.5. The van der Waals surface area contributed by atoms with Crippen LogP contribution in [-0.4, -0.2) is 80.2 Å². The number of hydrogen-bond acceptors (Lipinski definition) is 4. The molecule has 2 atom stereocenters. The van der Waals surface area contributed by atoms with Gasteiger partial charge in [0.1, 0.15) is 5.82 Å². The van der Waals surface area contributed by atoms with E-state index in [0.29, 0.717) is 32.7 Å². The van der Waals surface area contributed by atoms with Crippen molar-refractivity contribution in [2.75, 3.05) is 52.5 Å². The number of likely N-dealkylation sites (tertiary alicyclic amines) is 1. The summed E-state index contributed by atoms with van der Waals surface area (Å²) in [6.07, 6.45) is 1.46. The highest BCUT2D eigenvalue weighted by molar-refractivity contribution is 5.80. The molecule has 0 aliphatic carbocycles. The molecular weight excluding hydrogens is 385 g/mol. The molecule has 0 aromatic heterocycles. The number of halogens is 1. The van der Waals surface area contributed by atoms with E-state index in [1.54, 1.807) is 0 Å². The third-order valence-corrected chi connectivity index (χ3v) is 5.69. The Morgan fingerprint density at radius 2 is 1.97 bits per heavy atom. The first-order valence-corrected chi connectivity index (χ1v) is 11.0. The van der Waals surface area contributed by atoms with Crippen molar-refractivity contribution in [1.82, 2.24) is 20.4 Å². The van der Waals surface area contributed by atoms with Crippen molar-refractivity contribution in [1.29, 1.82) is 0 Å². The minimum absolute atomic E-state index is 0.0618. The molecule has 7 nitrogen and oxygen atoms in total. The van der Waals surface area contributed by atoms with Gasteiger partial charge in [-0.1, -0.05) is 19.1 Å². The molecule has 0 saturated carbocycles. The third kappa shape index (κ3) is 6.15. The molecule has 2 aliphatic heterocycles. The number of carbonyl (C=O) groups is 1. The number of amides is 1. The number of morpholine rings is 1. The minimum atomic E-state index is -0.231. The SMILES string of the molecule is CCNC(=NCC(c1ccc(F)cc1)N1CCOCC1)NC1CCN(C(=O)CC)C1. The molecule has 2 heterocycles. The van der Waals surface area contributed by atoms with E-state index in [0.717, 1.165) is 44.1 Å². The van der Waals surface area contributed by atoms with Crippen molar-refractivity contribution in [3.8, 4) is 0 Å².